The van der Waals surface area contributed by atoms with Crippen molar-refractivity contribution in [3.63, 3.8) is 0 Å². The van der Waals surface area contributed by atoms with Crippen LogP contribution in [-0.4, -0.2) is 95.0 Å². The van der Waals surface area contributed by atoms with Crippen LogP contribution < -0.4 is 21.3 Å². The summed E-state index contributed by atoms with van der Waals surface area (Å²) in [6.45, 7) is 6.32. The summed E-state index contributed by atoms with van der Waals surface area (Å²) in [4.78, 5) is 88.5. The minimum absolute atomic E-state index is 0.0207. The number of thiazole rings is 1. The number of nitrogens with zero attached hydrogens (tertiary/aromatic N) is 3. The molecule has 15 heteroatoms. The van der Waals surface area contributed by atoms with E-state index in [1.165, 1.54) is 46.3 Å². The summed E-state index contributed by atoms with van der Waals surface area (Å²) in [7, 11) is 1.56. The Morgan fingerprint density at radius 1 is 0.846 bits per heavy atom. The van der Waals surface area contributed by atoms with Crippen LogP contribution in [0.1, 0.15) is 65.2 Å². The first-order valence-electron chi connectivity index (χ1n) is 17.0. The zero-order valence-electron chi connectivity index (χ0n) is 29.7. The van der Waals surface area contributed by atoms with Crippen LogP contribution in [0.3, 0.4) is 0 Å². The molecule has 2 bridgehead atoms. The van der Waals surface area contributed by atoms with E-state index in [-0.39, 0.29) is 37.2 Å². The SMILES string of the molecule is CC(C)[C@@H]1NC(=O)[C@H](C)NC(=O)c2csc(n2)[C@H](Cc2ccccc2)NC(=O)CN(C(=O)c2csc3ccccc23)CCN(C)C(=O)[C@@H](C)NC1=O. The number of thiophene rings is 1. The van der Waals surface area contributed by atoms with E-state index in [9.17, 15) is 28.8 Å². The number of carbonyl (C=O) groups excluding carboxylic acids is 6. The summed E-state index contributed by atoms with van der Waals surface area (Å²) < 4.78 is 0.924. The number of aromatic nitrogens is 1. The summed E-state index contributed by atoms with van der Waals surface area (Å²) in [5.41, 5.74) is 1.42. The van der Waals surface area contributed by atoms with Crippen LogP contribution in [0.5, 0.6) is 0 Å². The number of fused-ring (bicyclic) bond motifs is 3. The second kappa shape index (κ2) is 16.9. The van der Waals surface area contributed by atoms with Crippen molar-refractivity contribution in [2.24, 2.45) is 5.92 Å². The molecular formula is C37H43N7O6S2. The van der Waals surface area contributed by atoms with Crippen LogP contribution in [0.25, 0.3) is 10.1 Å². The van der Waals surface area contributed by atoms with Crippen molar-refractivity contribution in [3.8, 4) is 0 Å². The molecule has 0 radical (unpaired) electrons. The van der Waals surface area contributed by atoms with E-state index in [4.69, 9.17) is 0 Å². The number of rotatable bonds is 4. The normalized spacial score (nSPS) is 21.6. The Labute approximate surface area is 310 Å². The third kappa shape index (κ3) is 9.19. The average molecular weight is 746 g/mol. The molecule has 6 amide bonds. The van der Waals surface area contributed by atoms with E-state index >= 15 is 0 Å². The number of nitrogens with one attached hydrogen (secondary N) is 4. The fourth-order valence-electron chi connectivity index (χ4n) is 5.81. The molecule has 2 aromatic carbocycles. The second-order valence-corrected chi connectivity index (χ2v) is 15.0. The van der Waals surface area contributed by atoms with Gasteiger partial charge in [0.1, 0.15) is 28.8 Å². The lowest BCUT2D eigenvalue weighted by Gasteiger charge is -2.29. The summed E-state index contributed by atoms with van der Waals surface area (Å²) in [5, 5.41) is 15.6. The van der Waals surface area contributed by atoms with Gasteiger partial charge in [-0.05, 0) is 37.8 Å². The summed E-state index contributed by atoms with van der Waals surface area (Å²) in [6, 6.07) is 13.4. The Hall–Kier alpha value is -5.15. The summed E-state index contributed by atoms with van der Waals surface area (Å²) >= 11 is 2.61. The van der Waals surface area contributed by atoms with Crippen molar-refractivity contribution in [1.82, 2.24) is 36.1 Å². The van der Waals surface area contributed by atoms with Crippen molar-refractivity contribution in [2.75, 3.05) is 26.7 Å². The molecule has 1 aliphatic rings. The smallest absolute Gasteiger partial charge is 0.271 e. The highest BCUT2D eigenvalue weighted by Gasteiger charge is 2.31. The van der Waals surface area contributed by atoms with Gasteiger partial charge in [0.15, 0.2) is 0 Å². The maximum Gasteiger partial charge on any atom is 0.271 e. The van der Waals surface area contributed by atoms with Gasteiger partial charge in [-0.2, -0.15) is 0 Å². The molecule has 0 spiro atoms. The van der Waals surface area contributed by atoms with Gasteiger partial charge in [0.2, 0.25) is 23.6 Å². The Balaban J connectivity index is 1.49. The van der Waals surface area contributed by atoms with E-state index in [2.05, 4.69) is 26.3 Å². The Morgan fingerprint density at radius 2 is 1.56 bits per heavy atom. The van der Waals surface area contributed by atoms with Gasteiger partial charge in [-0.1, -0.05) is 62.4 Å². The van der Waals surface area contributed by atoms with Gasteiger partial charge in [0, 0.05) is 41.0 Å². The van der Waals surface area contributed by atoms with Crippen LogP contribution >= 0.6 is 22.7 Å². The first kappa shape index (κ1) is 38.1. The van der Waals surface area contributed by atoms with Crippen LogP contribution in [0.4, 0.5) is 0 Å². The highest BCUT2D eigenvalue weighted by Crippen LogP contribution is 2.27. The van der Waals surface area contributed by atoms with Crippen LogP contribution in [-0.2, 0) is 25.6 Å². The molecule has 52 heavy (non-hydrogen) atoms. The van der Waals surface area contributed by atoms with Crippen molar-refractivity contribution in [3.05, 3.63) is 87.2 Å². The van der Waals surface area contributed by atoms with Gasteiger partial charge >= 0.3 is 0 Å². The molecule has 1 aliphatic heterocycles. The fraction of sp³-hybridized carbons (Fsp3) is 0.378. The zero-order chi connectivity index (χ0) is 37.5. The molecule has 0 aliphatic carbocycles. The highest BCUT2D eigenvalue weighted by atomic mass is 32.1. The molecule has 0 saturated carbocycles. The molecule has 0 fully saturated rings. The molecule has 0 unspecified atom stereocenters. The maximum absolute atomic E-state index is 14.1. The predicted octanol–water partition coefficient (Wildman–Crippen LogP) is 3.14. The number of hydrogen-bond acceptors (Lipinski definition) is 9. The molecule has 2 aromatic heterocycles. The summed E-state index contributed by atoms with van der Waals surface area (Å²) in [5.74, 6) is -3.34. The molecule has 13 nitrogen and oxygen atoms in total. The first-order valence-corrected chi connectivity index (χ1v) is 18.8. The second-order valence-electron chi connectivity index (χ2n) is 13.2. The number of hydrogen-bond donors (Lipinski definition) is 4. The van der Waals surface area contributed by atoms with Crippen LogP contribution in [0.2, 0.25) is 0 Å². The Kier molecular flexibility index (Phi) is 12.4. The molecule has 4 aromatic rings. The number of carbonyl (C=O) groups is 6. The minimum Gasteiger partial charge on any atom is -0.345 e. The summed E-state index contributed by atoms with van der Waals surface area (Å²) in [6.07, 6.45) is 0.357. The predicted molar refractivity (Wildman–Crippen MR) is 200 cm³/mol. The van der Waals surface area contributed by atoms with Gasteiger partial charge in [-0.25, -0.2) is 4.98 Å². The van der Waals surface area contributed by atoms with Crippen LogP contribution in [0, 0.1) is 5.92 Å². The Bertz CT molecular complexity index is 1940. The van der Waals surface area contributed by atoms with Crippen molar-refractivity contribution >= 4 is 68.2 Å². The molecule has 4 atom stereocenters. The standard InChI is InChI=1S/C37H43N7O6S2/c1-21(2)31-34(48)39-23(4)36(49)43(5)15-16-44(37(50)26-19-51-29-14-10-9-13-25(26)29)18-30(45)40-27(17-24-11-7-6-8-12-24)35-41-28(20-52-35)33(47)38-22(3)32(46)42-31/h6-14,19-23,27,31H,15-18H2,1-5H3,(H,38,47)(H,39,48)(H,40,45)(H,42,46)/t22-,23+,27-,31-/m0/s1. The lowest BCUT2D eigenvalue weighted by Crippen LogP contribution is -2.57. The quantitative estimate of drug-likeness (QED) is 0.249. The highest BCUT2D eigenvalue weighted by molar-refractivity contribution is 7.17. The fourth-order valence-corrected chi connectivity index (χ4v) is 7.59. The van der Waals surface area contributed by atoms with Crippen molar-refractivity contribution in [1.29, 1.82) is 0 Å². The van der Waals surface area contributed by atoms with Crippen molar-refractivity contribution in [2.45, 2.75) is 58.3 Å². The average Bonchev–Trinajstić information content (AvgIpc) is 3.79. The maximum atomic E-state index is 14.1. The van der Waals surface area contributed by atoms with Gasteiger partial charge in [-0.15, -0.1) is 22.7 Å². The molecule has 4 N–H and O–H groups in total. The molecule has 274 valence electrons. The minimum atomic E-state index is -1.02. The third-order valence-electron chi connectivity index (χ3n) is 8.80. The van der Waals surface area contributed by atoms with Gasteiger partial charge in [0.05, 0.1) is 18.2 Å². The number of amides is 6. The van der Waals surface area contributed by atoms with E-state index in [1.54, 1.807) is 31.7 Å². The monoisotopic (exact) mass is 745 g/mol. The first-order chi connectivity index (χ1) is 24.8. The third-order valence-corrected chi connectivity index (χ3v) is 10.7. The van der Waals surface area contributed by atoms with E-state index in [0.29, 0.717) is 17.0 Å². The zero-order valence-corrected chi connectivity index (χ0v) is 31.3. The molecule has 0 saturated heterocycles. The van der Waals surface area contributed by atoms with E-state index < -0.39 is 53.7 Å². The van der Waals surface area contributed by atoms with E-state index in [0.717, 1.165) is 15.6 Å². The number of likely N-dealkylation sites (N-methyl/N-ethyl adjacent to an activating group) is 1. The van der Waals surface area contributed by atoms with Crippen molar-refractivity contribution < 1.29 is 28.8 Å². The van der Waals surface area contributed by atoms with Crippen LogP contribution in [0.15, 0.2) is 65.4 Å². The lowest BCUT2D eigenvalue weighted by molar-refractivity contribution is -0.136. The Morgan fingerprint density at radius 3 is 2.29 bits per heavy atom. The van der Waals surface area contributed by atoms with E-state index in [1.807, 2.05) is 54.6 Å². The van der Waals surface area contributed by atoms with Gasteiger partial charge in [-0.3, -0.25) is 28.8 Å². The largest absolute Gasteiger partial charge is 0.345 e. The van der Waals surface area contributed by atoms with Gasteiger partial charge in [0.25, 0.3) is 11.8 Å². The molecule has 5 rings (SSSR count). The topological polar surface area (TPSA) is 170 Å². The number of benzene rings is 2. The van der Waals surface area contributed by atoms with Gasteiger partial charge < -0.3 is 31.1 Å². The molecular weight excluding hydrogens is 703 g/mol. The molecule has 3 heterocycles. The lowest BCUT2D eigenvalue weighted by atomic mass is 10.0.